The Morgan fingerprint density at radius 2 is 2.27 bits per heavy atom. The van der Waals surface area contributed by atoms with Gasteiger partial charge in [-0.2, -0.15) is 0 Å². The number of allylic oxidation sites excluding steroid dienone is 1. The molecule has 0 aromatic carbocycles. The Morgan fingerprint density at radius 1 is 1.45 bits per heavy atom. The van der Waals surface area contributed by atoms with Crippen LogP contribution in [0.5, 0.6) is 0 Å². The molecule has 0 amide bonds. The fourth-order valence-electron chi connectivity index (χ4n) is 1.12. The van der Waals surface area contributed by atoms with Crippen LogP contribution in [0.3, 0.4) is 0 Å². The molecule has 0 N–H and O–H groups in total. The van der Waals surface area contributed by atoms with Gasteiger partial charge in [0.2, 0.25) is 6.29 Å². The summed E-state index contributed by atoms with van der Waals surface area (Å²) in [7, 11) is 0. The summed E-state index contributed by atoms with van der Waals surface area (Å²) in [5.74, 6) is 0.895. The third kappa shape index (κ3) is 2.83. The van der Waals surface area contributed by atoms with E-state index in [0.717, 1.165) is 12.2 Å². The Balaban J connectivity index is 2.02. The van der Waals surface area contributed by atoms with E-state index in [1.807, 2.05) is 6.92 Å². The topological polar surface area (TPSA) is 18.5 Å². The average Bonchev–Trinajstić information content (AvgIpc) is 2.37. The first-order valence-corrected chi connectivity index (χ1v) is 4.32. The molecule has 0 fully saturated rings. The summed E-state index contributed by atoms with van der Waals surface area (Å²) in [5, 5.41) is 0. The minimum atomic E-state index is 0.00144. The maximum Gasteiger partial charge on any atom is 0.240 e. The summed E-state index contributed by atoms with van der Waals surface area (Å²) in [6, 6.07) is 0. The van der Waals surface area contributed by atoms with Gasteiger partial charge >= 0.3 is 0 Å². The van der Waals surface area contributed by atoms with E-state index in [9.17, 15) is 0 Å². The molecule has 1 unspecified atom stereocenters. The van der Waals surface area contributed by atoms with Crippen LogP contribution in [0.1, 0.15) is 39.5 Å². The highest BCUT2D eigenvalue weighted by molar-refractivity contribution is 4.86. The van der Waals surface area contributed by atoms with Gasteiger partial charge in [-0.05, 0) is 13.3 Å². The van der Waals surface area contributed by atoms with Crippen LogP contribution in [0.25, 0.3) is 0 Å². The Kier molecular flexibility index (Phi) is 3.27. The van der Waals surface area contributed by atoms with Gasteiger partial charge in [0.15, 0.2) is 0 Å². The van der Waals surface area contributed by atoms with Crippen LogP contribution in [-0.2, 0) is 9.47 Å². The van der Waals surface area contributed by atoms with Gasteiger partial charge in [0.1, 0.15) is 12.0 Å². The lowest BCUT2D eigenvalue weighted by molar-refractivity contribution is -0.0375. The van der Waals surface area contributed by atoms with Gasteiger partial charge < -0.3 is 9.47 Å². The van der Waals surface area contributed by atoms with E-state index in [-0.39, 0.29) is 6.29 Å². The lowest BCUT2D eigenvalue weighted by Gasteiger charge is -2.09. The van der Waals surface area contributed by atoms with Gasteiger partial charge in [-0.3, -0.25) is 0 Å². The van der Waals surface area contributed by atoms with Crippen molar-refractivity contribution in [3.05, 3.63) is 12.0 Å². The normalized spacial score (nSPS) is 22.4. The fourth-order valence-corrected chi connectivity index (χ4v) is 1.12. The molecule has 1 aliphatic rings. The van der Waals surface area contributed by atoms with E-state index < -0.39 is 0 Å². The molecule has 0 spiro atoms. The number of hydrogen-bond acceptors (Lipinski definition) is 2. The van der Waals surface area contributed by atoms with E-state index in [4.69, 9.17) is 9.47 Å². The number of hydrogen-bond donors (Lipinski definition) is 0. The lowest BCUT2D eigenvalue weighted by Crippen LogP contribution is -2.07. The molecule has 11 heavy (non-hydrogen) atoms. The van der Waals surface area contributed by atoms with Crippen molar-refractivity contribution in [1.29, 1.82) is 0 Å². The summed E-state index contributed by atoms with van der Waals surface area (Å²) in [4.78, 5) is 0. The van der Waals surface area contributed by atoms with Gasteiger partial charge in [0.25, 0.3) is 0 Å². The first-order chi connectivity index (χ1) is 5.33. The molecule has 2 nitrogen and oxygen atoms in total. The predicted molar refractivity (Wildman–Crippen MR) is 43.9 cm³/mol. The van der Waals surface area contributed by atoms with Crippen LogP contribution in [0, 0.1) is 0 Å². The molecule has 0 bridgehead atoms. The lowest BCUT2D eigenvalue weighted by atomic mass is 10.2. The first-order valence-electron chi connectivity index (χ1n) is 4.32. The van der Waals surface area contributed by atoms with Crippen molar-refractivity contribution in [3.63, 3.8) is 0 Å². The van der Waals surface area contributed by atoms with Crippen LogP contribution in [0.15, 0.2) is 12.0 Å². The second kappa shape index (κ2) is 4.27. The number of ether oxygens (including phenoxy) is 2. The molecular weight excluding hydrogens is 140 g/mol. The number of rotatable bonds is 4. The molecule has 2 heteroatoms. The Hall–Kier alpha value is -0.660. The maximum absolute atomic E-state index is 5.35. The van der Waals surface area contributed by atoms with Crippen LogP contribution in [0.4, 0.5) is 0 Å². The van der Waals surface area contributed by atoms with Gasteiger partial charge in [0, 0.05) is 6.42 Å². The minimum Gasteiger partial charge on any atom is -0.459 e. The van der Waals surface area contributed by atoms with Crippen molar-refractivity contribution in [1.82, 2.24) is 0 Å². The summed E-state index contributed by atoms with van der Waals surface area (Å²) in [5.41, 5.74) is 0. The van der Waals surface area contributed by atoms with E-state index in [2.05, 4.69) is 6.92 Å². The van der Waals surface area contributed by atoms with Gasteiger partial charge in [-0.15, -0.1) is 0 Å². The fraction of sp³-hybridized carbons (Fsp3) is 0.778. The van der Waals surface area contributed by atoms with Crippen molar-refractivity contribution in [3.8, 4) is 0 Å². The first kappa shape index (κ1) is 8.44. The molecule has 0 saturated carbocycles. The van der Waals surface area contributed by atoms with Crippen LogP contribution in [-0.4, -0.2) is 6.29 Å². The molecular formula is C9H16O2. The monoisotopic (exact) mass is 156 g/mol. The van der Waals surface area contributed by atoms with Gasteiger partial charge in [-0.25, -0.2) is 0 Å². The molecule has 0 aromatic heterocycles. The van der Waals surface area contributed by atoms with E-state index in [0.29, 0.717) is 0 Å². The summed E-state index contributed by atoms with van der Waals surface area (Å²) < 4.78 is 10.6. The summed E-state index contributed by atoms with van der Waals surface area (Å²) in [6.07, 6.45) is 6.42. The molecule has 1 atom stereocenters. The average molecular weight is 156 g/mol. The predicted octanol–water partition coefficient (Wildman–Crippen LogP) is 2.80. The highest BCUT2D eigenvalue weighted by atomic mass is 16.7. The number of unbranched alkanes of at least 4 members (excludes halogenated alkanes) is 2. The SMILES string of the molecule is CCCCCC1OC=C(C)O1. The molecule has 1 rings (SSSR count). The second-order valence-electron chi connectivity index (χ2n) is 2.91. The van der Waals surface area contributed by atoms with E-state index in [1.165, 1.54) is 19.3 Å². The summed E-state index contributed by atoms with van der Waals surface area (Å²) >= 11 is 0. The Labute approximate surface area is 68.2 Å². The zero-order valence-electron chi connectivity index (χ0n) is 7.30. The summed E-state index contributed by atoms with van der Waals surface area (Å²) in [6.45, 7) is 4.11. The Morgan fingerprint density at radius 3 is 2.82 bits per heavy atom. The van der Waals surface area contributed by atoms with E-state index in [1.54, 1.807) is 6.26 Å². The Bertz CT molecular complexity index is 140. The van der Waals surface area contributed by atoms with Gasteiger partial charge in [-0.1, -0.05) is 19.8 Å². The largest absolute Gasteiger partial charge is 0.459 e. The van der Waals surface area contributed by atoms with Crippen molar-refractivity contribution in [2.45, 2.75) is 45.8 Å². The zero-order valence-corrected chi connectivity index (χ0v) is 7.30. The van der Waals surface area contributed by atoms with Crippen molar-refractivity contribution in [2.24, 2.45) is 0 Å². The molecule has 0 radical (unpaired) electrons. The van der Waals surface area contributed by atoms with Crippen molar-refractivity contribution < 1.29 is 9.47 Å². The standard InChI is InChI=1S/C9H16O2/c1-3-4-5-6-9-10-7-8(2)11-9/h7,9H,3-6H2,1-2H3. The molecule has 0 saturated heterocycles. The molecule has 0 aliphatic carbocycles. The van der Waals surface area contributed by atoms with Crippen molar-refractivity contribution >= 4 is 0 Å². The maximum atomic E-state index is 5.35. The van der Waals surface area contributed by atoms with Crippen molar-refractivity contribution in [2.75, 3.05) is 0 Å². The van der Waals surface area contributed by atoms with Crippen LogP contribution in [0.2, 0.25) is 0 Å². The highest BCUT2D eigenvalue weighted by Crippen LogP contribution is 2.18. The van der Waals surface area contributed by atoms with Crippen LogP contribution >= 0.6 is 0 Å². The van der Waals surface area contributed by atoms with Crippen LogP contribution < -0.4 is 0 Å². The molecule has 64 valence electrons. The zero-order chi connectivity index (χ0) is 8.10. The van der Waals surface area contributed by atoms with E-state index >= 15 is 0 Å². The quantitative estimate of drug-likeness (QED) is 0.583. The smallest absolute Gasteiger partial charge is 0.240 e. The highest BCUT2D eigenvalue weighted by Gasteiger charge is 2.14. The second-order valence-corrected chi connectivity index (χ2v) is 2.91. The molecule has 1 heterocycles. The molecule has 1 aliphatic heterocycles. The molecule has 0 aromatic rings. The van der Waals surface area contributed by atoms with Gasteiger partial charge in [0.05, 0.1) is 0 Å². The minimum absolute atomic E-state index is 0.00144. The third-order valence-corrected chi connectivity index (χ3v) is 1.75. The third-order valence-electron chi connectivity index (χ3n) is 1.75.